The zero-order valence-electron chi connectivity index (χ0n) is 20.0. The van der Waals surface area contributed by atoms with Gasteiger partial charge in [-0.3, -0.25) is 0 Å². The molecule has 2 aromatic rings. The van der Waals surface area contributed by atoms with E-state index in [1.807, 2.05) is 60.7 Å². The number of carbonyl (C=O) groups excluding carboxylic acids is 1. The van der Waals surface area contributed by atoms with E-state index in [0.717, 1.165) is 11.1 Å². The first-order valence-corrected chi connectivity index (χ1v) is 11.4. The molecule has 34 heavy (non-hydrogen) atoms. The van der Waals surface area contributed by atoms with E-state index < -0.39 is 12.1 Å². The van der Waals surface area contributed by atoms with Crippen molar-refractivity contribution in [1.29, 1.82) is 0 Å². The number of esters is 1. The van der Waals surface area contributed by atoms with E-state index in [2.05, 4.69) is 0 Å². The molecule has 0 aliphatic carbocycles. The standard InChI is InChI=1S/2C13H18O4/c1-2-17-13(14)11-16-9-8-15-10-12-6-4-3-5-7-12;1-2-12(13(14)15)17-9-8-16-10-11-6-4-3-5-7-11/h3-7H,2,8-11H2,1H3;3-7,12H,2,8-10H2,1H3,(H,14,15). The van der Waals surface area contributed by atoms with Crippen molar-refractivity contribution in [1.82, 2.24) is 0 Å². The molecule has 2 rings (SSSR count). The molecule has 0 saturated carbocycles. The van der Waals surface area contributed by atoms with Gasteiger partial charge in [-0.15, -0.1) is 0 Å². The molecule has 1 atom stereocenters. The highest BCUT2D eigenvalue weighted by molar-refractivity contribution is 5.72. The zero-order valence-corrected chi connectivity index (χ0v) is 20.0. The molecular weight excluding hydrogens is 440 g/mol. The molecule has 8 heteroatoms. The van der Waals surface area contributed by atoms with Crippen LogP contribution < -0.4 is 0 Å². The third-order valence-electron chi connectivity index (χ3n) is 4.31. The summed E-state index contributed by atoms with van der Waals surface area (Å²) in [6.07, 6.45) is -0.260. The van der Waals surface area contributed by atoms with Crippen molar-refractivity contribution < 1.29 is 38.4 Å². The van der Waals surface area contributed by atoms with Gasteiger partial charge in [0.1, 0.15) is 6.61 Å². The predicted molar refractivity (Wildman–Crippen MR) is 127 cm³/mol. The Kier molecular flexibility index (Phi) is 16.9. The highest BCUT2D eigenvalue weighted by Gasteiger charge is 2.14. The number of ether oxygens (including phenoxy) is 5. The third kappa shape index (κ3) is 15.1. The van der Waals surface area contributed by atoms with Crippen molar-refractivity contribution >= 4 is 11.9 Å². The highest BCUT2D eigenvalue weighted by Crippen LogP contribution is 2.02. The molecule has 0 aromatic heterocycles. The van der Waals surface area contributed by atoms with Crippen LogP contribution in [-0.4, -0.2) is 62.8 Å². The molecule has 0 radical (unpaired) electrons. The van der Waals surface area contributed by atoms with Crippen molar-refractivity contribution in [3.63, 3.8) is 0 Å². The van der Waals surface area contributed by atoms with Gasteiger partial charge in [-0.2, -0.15) is 0 Å². The van der Waals surface area contributed by atoms with Crippen LogP contribution in [0.4, 0.5) is 0 Å². The first kappa shape index (κ1) is 29.3. The Hall–Kier alpha value is -2.78. The summed E-state index contributed by atoms with van der Waals surface area (Å²) in [4.78, 5) is 21.6. The van der Waals surface area contributed by atoms with Crippen LogP contribution in [0.5, 0.6) is 0 Å². The topological polar surface area (TPSA) is 101 Å². The van der Waals surface area contributed by atoms with Crippen LogP contribution in [0.2, 0.25) is 0 Å². The van der Waals surface area contributed by atoms with E-state index in [4.69, 9.17) is 28.8 Å². The van der Waals surface area contributed by atoms with E-state index in [0.29, 0.717) is 52.7 Å². The van der Waals surface area contributed by atoms with Gasteiger partial charge in [0.05, 0.1) is 46.2 Å². The number of carboxylic acid groups (broad SMARTS) is 1. The summed E-state index contributed by atoms with van der Waals surface area (Å²) in [5.41, 5.74) is 2.22. The summed E-state index contributed by atoms with van der Waals surface area (Å²) < 4.78 is 25.7. The maximum atomic E-state index is 10.9. The molecule has 8 nitrogen and oxygen atoms in total. The minimum absolute atomic E-state index is 0.0114. The monoisotopic (exact) mass is 476 g/mol. The van der Waals surface area contributed by atoms with Crippen molar-refractivity contribution in [3.8, 4) is 0 Å². The fourth-order valence-corrected chi connectivity index (χ4v) is 2.62. The average molecular weight is 477 g/mol. The number of benzene rings is 2. The molecular formula is C26H36O8. The lowest BCUT2D eigenvalue weighted by Gasteiger charge is -2.11. The van der Waals surface area contributed by atoms with Gasteiger partial charge < -0.3 is 28.8 Å². The number of carboxylic acids is 1. The first-order valence-electron chi connectivity index (χ1n) is 11.4. The molecule has 1 unspecified atom stereocenters. The Morgan fingerprint density at radius 3 is 1.74 bits per heavy atom. The second-order valence-electron chi connectivity index (χ2n) is 7.04. The van der Waals surface area contributed by atoms with Crippen LogP contribution in [0, 0.1) is 0 Å². The lowest BCUT2D eigenvalue weighted by atomic mass is 10.2. The van der Waals surface area contributed by atoms with Gasteiger partial charge in [0.15, 0.2) is 6.10 Å². The van der Waals surface area contributed by atoms with Crippen molar-refractivity contribution in [2.75, 3.05) is 39.6 Å². The molecule has 0 amide bonds. The molecule has 0 spiro atoms. The molecule has 0 bridgehead atoms. The zero-order chi connectivity index (χ0) is 24.9. The van der Waals surface area contributed by atoms with Crippen molar-refractivity contribution in [2.24, 2.45) is 0 Å². The van der Waals surface area contributed by atoms with Crippen LogP contribution in [0.15, 0.2) is 60.7 Å². The van der Waals surface area contributed by atoms with Crippen LogP contribution >= 0.6 is 0 Å². The second-order valence-corrected chi connectivity index (χ2v) is 7.04. The Labute approximate surface area is 201 Å². The van der Waals surface area contributed by atoms with Crippen LogP contribution in [0.25, 0.3) is 0 Å². The molecule has 188 valence electrons. The normalized spacial score (nSPS) is 11.2. The number of rotatable bonds is 16. The number of hydrogen-bond acceptors (Lipinski definition) is 7. The molecule has 1 N–H and O–H groups in total. The van der Waals surface area contributed by atoms with Crippen molar-refractivity contribution in [3.05, 3.63) is 71.8 Å². The van der Waals surface area contributed by atoms with Gasteiger partial charge in [0.25, 0.3) is 0 Å². The average Bonchev–Trinajstić information content (AvgIpc) is 2.85. The van der Waals surface area contributed by atoms with Crippen molar-refractivity contribution in [2.45, 2.75) is 39.6 Å². The maximum Gasteiger partial charge on any atom is 0.332 e. The molecule has 0 heterocycles. The van der Waals surface area contributed by atoms with Crippen LogP contribution in [0.1, 0.15) is 31.4 Å². The van der Waals surface area contributed by atoms with E-state index in [-0.39, 0.29) is 12.6 Å². The van der Waals surface area contributed by atoms with Crippen LogP contribution in [-0.2, 0) is 46.5 Å². The predicted octanol–water partition coefficient (Wildman–Crippen LogP) is 3.87. The Morgan fingerprint density at radius 2 is 1.26 bits per heavy atom. The molecule has 0 aliphatic rings. The Balaban J connectivity index is 0.000000340. The van der Waals surface area contributed by atoms with E-state index in [1.54, 1.807) is 13.8 Å². The largest absolute Gasteiger partial charge is 0.479 e. The minimum Gasteiger partial charge on any atom is -0.479 e. The first-order chi connectivity index (χ1) is 16.6. The fraction of sp³-hybridized carbons (Fsp3) is 0.462. The van der Waals surface area contributed by atoms with Gasteiger partial charge >= 0.3 is 11.9 Å². The third-order valence-corrected chi connectivity index (χ3v) is 4.31. The van der Waals surface area contributed by atoms with Gasteiger partial charge in [-0.1, -0.05) is 67.6 Å². The van der Waals surface area contributed by atoms with E-state index in [9.17, 15) is 9.59 Å². The Morgan fingerprint density at radius 1 is 0.765 bits per heavy atom. The van der Waals surface area contributed by atoms with E-state index >= 15 is 0 Å². The summed E-state index contributed by atoms with van der Waals surface area (Å²) in [5.74, 6) is -1.26. The summed E-state index contributed by atoms with van der Waals surface area (Å²) in [6.45, 7) is 6.56. The quantitative estimate of drug-likeness (QED) is 0.288. The molecule has 2 aromatic carbocycles. The maximum absolute atomic E-state index is 10.9. The molecule has 0 saturated heterocycles. The fourth-order valence-electron chi connectivity index (χ4n) is 2.62. The lowest BCUT2D eigenvalue weighted by molar-refractivity contribution is -0.151. The molecule has 0 aliphatic heterocycles. The number of carbonyl (C=O) groups is 2. The van der Waals surface area contributed by atoms with Gasteiger partial charge in [0, 0.05) is 0 Å². The van der Waals surface area contributed by atoms with E-state index in [1.165, 1.54) is 0 Å². The highest BCUT2D eigenvalue weighted by atomic mass is 16.6. The van der Waals surface area contributed by atoms with Gasteiger partial charge in [0.2, 0.25) is 0 Å². The SMILES string of the molecule is CCC(OCCOCc1ccccc1)C(=O)O.CCOC(=O)COCCOCc1ccccc1. The van der Waals surface area contributed by atoms with Crippen LogP contribution in [0.3, 0.4) is 0 Å². The summed E-state index contributed by atoms with van der Waals surface area (Å²) in [6, 6.07) is 19.7. The summed E-state index contributed by atoms with van der Waals surface area (Å²) in [7, 11) is 0. The number of hydrogen-bond donors (Lipinski definition) is 1. The molecule has 0 fully saturated rings. The smallest absolute Gasteiger partial charge is 0.332 e. The number of aliphatic carboxylic acids is 1. The summed E-state index contributed by atoms with van der Waals surface area (Å²) >= 11 is 0. The second kappa shape index (κ2) is 19.7. The van der Waals surface area contributed by atoms with Gasteiger partial charge in [-0.25, -0.2) is 9.59 Å². The Bertz CT molecular complexity index is 765. The minimum atomic E-state index is -0.921. The lowest BCUT2D eigenvalue weighted by Crippen LogP contribution is -2.24. The summed E-state index contributed by atoms with van der Waals surface area (Å²) in [5, 5.41) is 8.74. The van der Waals surface area contributed by atoms with Gasteiger partial charge in [-0.05, 0) is 24.5 Å².